The molecule has 0 aliphatic rings. The lowest BCUT2D eigenvalue weighted by atomic mass is 10.1. The third-order valence-corrected chi connectivity index (χ3v) is 3.50. The summed E-state index contributed by atoms with van der Waals surface area (Å²) in [5.41, 5.74) is 0.174. The molecule has 0 aliphatic carbocycles. The first kappa shape index (κ1) is 14.3. The molecule has 0 saturated heterocycles. The largest absolute Gasteiger partial charge is 0.507 e. The molecule has 2 N–H and O–H groups in total. The Bertz CT molecular complexity index is 912. The molecule has 0 atom stereocenters. The average Bonchev–Trinajstić information content (AvgIpc) is 2.47. The van der Waals surface area contributed by atoms with Crippen molar-refractivity contribution in [3.05, 3.63) is 51.6 Å². The molecule has 112 valence electrons. The molecule has 1 heterocycles. The van der Waals surface area contributed by atoms with Crippen LogP contribution < -0.4 is 10.2 Å². The van der Waals surface area contributed by atoms with Crippen LogP contribution in [0, 0.1) is 0 Å². The number of rotatable bonds is 2. The second kappa shape index (κ2) is 5.27. The molecule has 0 radical (unpaired) electrons. The monoisotopic (exact) mass is 318 g/mol. The maximum Gasteiger partial charge on any atom is 0.204 e. The zero-order chi connectivity index (χ0) is 15.9. The number of methoxy groups -OCH3 is 1. The molecule has 22 heavy (non-hydrogen) atoms. The van der Waals surface area contributed by atoms with E-state index in [1.54, 1.807) is 24.3 Å². The quantitative estimate of drug-likeness (QED) is 0.755. The van der Waals surface area contributed by atoms with Crippen molar-refractivity contribution in [2.45, 2.75) is 0 Å². The van der Waals surface area contributed by atoms with Crippen molar-refractivity contribution < 1.29 is 19.4 Å². The van der Waals surface area contributed by atoms with Crippen LogP contribution in [0.1, 0.15) is 0 Å². The van der Waals surface area contributed by atoms with Crippen LogP contribution in [0.25, 0.3) is 22.3 Å². The Labute approximate surface area is 130 Å². The minimum absolute atomic E-state index is 0.0132. The summed E-state index contributed by atoms with van der Waals surface area (Å²) >= 11 is 5.84. The van der Waals surface area contributed by atoms with E-state index >= 15 is 0 Å². The molecule has 0 spiro atoms. The summed E-state index contributed by atoms with van der Waals surface area (Å²) in [7, 11) is 1.33. The van der Waals surface area contributed by atoms with Gasteiger partial charge in [0.2, 0.25) is 5.75 Å². The zero-order valence-corrected chi connectivity index (χ0v) is 12.2. The fourth-order valence-corrected chi connectivity index (χ4v) is 2.36. The molecule has 6 heteroatoms. The van der Waals surface area contributed by atoms with E-state index in [4.69, 9.17) is 20.8 Å². The van der Waals surface area contributed by atoms with Crippen LogP contribution in [-0.2, 0) is 0 Å². The molecule has 0 amide bonds. The first-order chi connectivity index (χ1) is 10.5. The van der Waals surface area contributed by atoms with Gasteiger partial charge in [0, 0.05) is 22.7 Å². The lowest BCUT2D eigenvalue weighted by Crippen LogP contribution is -2.02. The first-order valence-corrected chi connectivity index (χ1v) is 6.71. The maximum atomic E-state index is 12.3. The van der Waals surface area contributed by atoms with Gasteiger partial charge < -0.3 is 19.4 Å². The van der Waals surface area contributed by atoms with Crippen molar-refractivity contribution >= 4 is 22.6 Å². The summed E-state index contributed by atoms with van der Waals surface area (Å²) in [5.74, 6) is -0.424. The van der Waals surface area contributed by atoms with Gasteiger partial charge in [-0.25, -0.2) is 0 Å². The molecule has 0 aliphatic heterocycles. The van der Waals surface area contributed by atoms with Crippen LogP contribution in [0.5, 0.6) is 17.2 Å². The molecule has 0 fully saturated rings. The van der Waals surface area contributed by atoms with Crippen molar-refractivity contribution in [3.63, 3.8) is 0 Å². The second-order valence-electron chi connectivity index (χ2n) is 4.63. The van der Waals surface area contributed by atoms with Crippen molar-refractivity contribution in [3.8, 4) is 28.6 Å². The van der Waals surface area contributed by atoms with E-state index in [1.165, 1.54) is 13.2 Å². The van der Waals surface area contributed by atoms with Gasteiger partial charge in [0.05, 0.1) is 7.11 Å². The predicted octanol–water partition coefficient (Wildman–Crippen LogP) is 3.53. The summed E-state index contributed by atoms with van der Waals surface area (Å²) in [4.78, 5) is 12.3. The number of ether oxygens (including phenoxy) is 1. The van der Waals surface area contributed by atoms with Gasteiger partial charge in [0.25, 0.3) is 0 Å². The number of phenolic OH excluding ortho intramolecular Hbond substituents is 2. The van der Waals surface area contributed by atoms with Crippen molar-refractivity contribution in [2.75, 3.05) is 7.11 Å². The van der Waals surface area contributed by atoms with Crippen LogP contribution in [0.3, 0.4) is 0 Å². The topological polar surface area (TPSA) is 79.9 Å². The fraction of sp³-hybridized carbons (Fsp3) is 0.0625. The maximum absolute atomic E-state index is 12.3. The molecular weight excluding hydrogens is 308 g/mol. The van der Waals surface area contributed by atoms with Crippen LogP contribution in [0.4, 0.5) is 0 Å². The van der Waals surface area contributed by atoms with Crippen LogP contribution >= 0.6 is 11.6 Å². The minimum atomic E-state index is -0.443. The number of aromatic hydroxyl groups is 2. The minimum Gasteiger partial charge on any atom is -0.507 e. The fourth-order valence-electron chi connectivity index (χ4n) is 2.23. The summed E-state index contributed by atoms with van der Waals surface area (Å²) in [6.07, 6.45) is 0. The molecule has 0 bridgehead atoms. The van der Waals surface area contributed by atoms with Gasteiger partial charge in [0.1, 0.15) is 16.9 Å². The Balaban J connectivity index is 2.36. The third-order valence-electron chi connectivity index (χ3n) is 3.25. The standard InChI is InChI=1S/C16H11ClO5/c1-21-15-12(20)6-10(18)14-11(19)7-13(22-16(14)15)8-2-4-9(17)5-3-8/h2-7,18,20H,1H3. The van der Waals surface area contributed by atoms with E-state index < -0.39 is 5.43 Å². The van der Waals surface area contributed by atoms with Crippen LogP contribution in [-0.4, -0.2) is 17.3 Å². The van der Waals surface area contributed by atoms with Gasteiger partial charge in [-0.05, 0) is 24.3 Å². The highest BCUT2D eigenvalue weighted by Crippen LogP contribution is 2.40. The number of halogens is 1. The summed E-state index contributed by atoms with van der Waals surface area (Å²) in [6.45, 7) is 0. The van der Waals surface area contributed by atoms with Gasteiger partial charge in [0.15, 0.2) is 16.8 Å². The molecule has 3 rings (SSSR count). The van der Waals surface area contributed by atoms with Gasteiger partial charge in [-0.2, -0.15) is 0 Å². The van der Waals surface area contributed by atoms with Gasteiger partial charge in [-0.3, -0.25) is 4.79 Å². The smallest absolute Gasteiger partial charge is 0.204 e. The molecular formula is C16H11ClO5. The Morgan fingerprint density at radius 1 is 1.09 bits per heavy atom. The first-order valence-electron chi connectivity index (χ1n) is 6.34. The van der Waals surface area contributed by atoms with Crippen molar-refractivity contribution in [1.82, 2.24) is 0 Å². The van der Waals surface area contributed by atoms with Crippen molar-refractivity contribution in [1.29, 1.82) is 0 Å². The van der Waals surface area contributed by atoms with Crippen LogP contribution in [0.15, 0.2) is 45.6 Å². The third kappa shape index (κ3) is 2.25. The van der Waals surface area contributed by atoms with E-state index in [2.05, 4.69) is 0 Å². The highest BCUT2D eigenvalue weighted by Gasteiger charge is 2.18. The van der Waals surface area contributed by atoms with E-state index in [0.29, 0.717) is 10.6 Å². The van der Waals surface area contributed by atoms with Gasteiger partial charge >= 0.3 is 0 Å². The Hall–Kier alpha value is -2.66. The normalized spacial score (nSPS) is 10.8. The summed E-state index contributed by atoms with van der Waals surface area (Å²) in [5, 5.41) is 20.2. The lowest BCUT2D eigenvalue weighted by Gasteiger charge is -2.09. The molecule has 1 aromatic heterocycles. The molecule has 0 saturated carbocycles. The van der Waals surface area contributed by atoms with E-state index in [9.17, 15) is 15.0 Å². The van der Waals surface area contributed by atoms with Gasteiger partial charge in [-0.15, -0.1) is 0 Å². The second-order valence-corrected chi connectivity index (χ2v) is 5.07. The number of hydrogen-bond acceptors (Lipinski definition) is 5. The Kier molecular flexibility index (Phi) is 3.42. The van der Waals surface area contributed by atoms with Gasteiger partial charge in [-0.1, -0.05) is 11.6 Å². The summed E-state index contributed by atoms with van der Waals surface area (Å²) < 4.78 is 10.7. The SMILES string of the molecule is COc1c(O)cc(O)c2c(=O)cc(-c3ccc(Cl)cc3)oc12. The highest BCUT2D eigenvalue weighted by molar-refractivity contribution is 6.30. The zero-order valence-electron chi connectivity index (χ0n) is 11.5. The number of benzene rings is 2. The van der Waals surface area contributed by atoms with E-state index in [0.717, 1.165) is 6.07 Å². The molecule has 5 nitrogen and oxygen atoms in total. The highest BCUT2D eigenvalue weighted by atomic mass is 35.5. The van der Waals surface area contributed by atoms with Crippen molar-refractivity contribution in [2.24, 2.45) is 0 Å². The molecule has 0 unspecified atom stereocenters. The van der Waals surface area contributed by atoms with Crippen LogP contribution in [0.2, 0.25) is 5.02 Å². The lowest BCUT2D eigenvalue weighted by molar-refractivity contribution is 0.367. The molecule has 3 aromatic rings. The van der Waals surface area contributed by atoms with E-state index in [1.807, 2.05) is 0 Å². The number of hydrogen-bond donors (Lipinski definition) is 2. The Morgan fingerprint density at radius 3 is 2.41 bits per heavy atom. The average molecular weight is 319 g/mol. The molecule has 2 aromatic carbocycles. The van der Waals surface area contributed by atoms with E-state index in [-0.39, 0.29) is 34.0 Å². The number of fused-ring (bicyclic) bond motifs is 1. The summed E-state index contributed by atoms with van der Waals surface area (Å²) in [6, 6.07) is 9.03. The predicted molar refractivity (Wildman–Crippen MR) is 82.8 cm³/mol. The number of phenols is 2. The Morgan fingerprint density at radius 2 is 1.77 bits per heavy atom.